The average Bonchev–Trinajstić information content (AvgIpc) is 2.97. The topological polar surface area (TPSA) is 81.3 Å². The van der Waals surface area contributed by atoms with Gasteiger partial charge in [0.1, 0.15) is 0 Å². The Morgan fingerprint density at radius 2 is 2.12 bits per heavy atom. The third-order valence-corrected chi connectivity index (χ3v) is 4.64. The zero-order valence-corrected chi connectivity index (χ0v) is 16.2. The normalized spacial score (nSPS) is 19.2. The highest BCUT2D eigenvalue weighted by atomic mass is 16.2. The van der Waals surface area contributed by atoms with Crippen LogP contribution in [0.4, 0.5) is 0 Å². The van der Waals surface area contributed by atoms with Crippen LogP contribution in [0.5, 0.6) is 0 Å². The first-order valence-electron chi connectivity index (χ1n) is 8.91. The molecule has 1 fully saturated rings. The summed E-state index contributed by atoms with van der Waals surface area (Å²) in [6.07, 6.45) is 0.195. The molecule has 0 spiro atoms. The summed E-state index contributed by atoms with van der Waals surface area (Å²) in [4.78, 5) is 28.6. The maximum absolute atomic E-state index is 12.6. The maximum atomic E-state index is 12.6. The fraction of sp³-hybridized carbons (Fsp3) is 0.722. The smallest absolute Gasteiger partial charge is 0.237 e. The zero-order chi connectivity index (χ0) is 18.8. The van der Waals surface area contributed by atoms with Gasteiger partial charge in [0.2, 0.25) is 11.8 Å². The minimum absolute atomic E-state index is 0.0325. The van der Waals surface area contributed by atoms with Gasteiger partial charge in [-0.2, -0.15) is 5.10 Å². The van der Waals surface area contributed by atoms with Gasteiger partial charge in [0.05, 0.1) is 30.4 Å². The molecule has 1 unspecified atom stereocenters. The monoisotopic (exact) mass is 349 g/mol. The van der Waals surface area contributed by atoms with Gasteiger partial charge in [-0.1, -0.05) is 20.8 Å². The number of carbonyl (C=O) groups excluding carboxylic acids is 2. The third kappa shape index (κ3) is 4.81. The highest BCUT2D eigenvalue weighted by molar-refractivity contribution is 5.88. The zero-order valence-electron chi connectivity index (χ0n) is 16.2. The molecular weight excluding hydrogens is 318 g/mol. The van der Waals surface area contributed by atoms with E-state index in [1.54, 1.807) is 11.9 Å². The SMILES string of the molecule is CC(C)N1CCNC(=O)C1CC(=O)N(C)Cc1cc(C(C)(C)C)n[nH]1. The van der Waals surface area contributed by atoms with E-state index in [0.717, 1.165) is 17.9 Å². The van der Waals surface area contributed by atoms with E-state index >= 15 is 0 Å². The summed E-state index contributed by atoms with van der Waals surface area (Å²) in [7, 11) is 1.76. The Kier molecular flexibility index (Phi) is 5.87. The van der Waals surface area contributed by atoms with E-state index in [4.69, 9.17) is 0 Å². The molecule has 0 aromatic carbocycles. The second-order valence-corrected chi connectivity index (χ2v) is 8.12. The number of H-pyrrole nitrogens is 1. The molecule has 0 radical (unpaired) electrons. The molecule has 140 valence electrons. The van der Waals surface area contributed by atoms with E-state index in [-0.39, 0.29) is 29.7 Å². The average molecular weight is 349 g/mol. The molecule has 1 aromatic rings. The van der Waals surface area contributed by atoms with E-state index in [1.807, 2.05) is 6.07 Å². The second-order valence-electron chi connectivity index (χ2n) is 8.12. The van der Waals surface area contributed by atoms with Crippen molar-refractivity contribution in [3.05, 3.63) is 17.5 Å². The van der Waals surface area contributed by atoms with Crippen molar-refractivity contribution in [2.75, 3.05) is 20.1 Å². The van der Waals surface area contributed by atoms with Gasteiger partial charge in [-0.05, 0) is 19.9 Å². The maximum Gasteiger partial charge on any atom is 0.237 e. The molecule has 1 aromatic heterocycles. The summed E-state index contributed by atoms with van der Waals surface area (Å²) >= 11 is 0. The van der Waals surface area contributed by atoms with Crippen LogP contribution < -0.4 is 5.32 Å². The largest absolute Gasteiger partial charge is 0.353 e. The summed E-state index contributed by atoms with van der Waals surface area (Å²) in [5.74, 6) is -0.0992. The standard InChI is InChI=1S/C18H31N5O2/c1-12(2)23-8-7-19-17(25)14(23)10-16(24)22(6)11-13-9-15(21-20-13)18(3,4)5/h9,12,14H,7-8,10-11H2,1-6H3,(H,19,25)(H,20,21). The van der Waals surface area contributed by atoms with Gasteiger partial charge in [-0.15, -0.1) is 0 Å². The van der Waals surface area contributed by atoms with Crippen molar-refractivity contribution in [3.8, 4) is 0 Å². The van der Waals surface area contributed by atoms with Crippen LogP contribution in [0, 0.1) is 0 Å². The molecule has 7 heteroatoms. The van der Waals surface area contributed by atoms with Crippen molar-refractivity contribution in [2.45, 2.75) is 65.1 Å². The minimum Gasteiger partial charge on any atom is -0.353 e. The van der Waals surface area contributed by atoms with Crippen LogP contribution in [0.15, 0.2) is 6.07 Å². The number of nitrogens with zero attached hydrogens (tertiary/aromatic N) is 3. The Labute approximate surface area is 150 Å². The number of hydrogen-bond donors (Lipinski definition) is 2. The van der Waals surface area contributed by atoms with Crippen molar-refractivity contribution >= 4 is 11.8 Å². The Hall–Kier alpha value is -1.89. The molecule has 1 atom stereocenters. The molecule has 2 heterocycles. The summed E-state index contributed by atoms with van der Waals surface area (Å²) in [6, 6.07) is 1.84. The van der Waals surface area contributed by atoms with E-state index in [0.29, 0.717) is 13.1 Å². The Morgan fingerprint density at radius 1 is 1.44 bits per heavy atom. The molecule has 7 nitrogen and oxygen atoms in total. The fourth-order valence-corrected chi connectivity index (χ4v) is 3.05. The van der Waals surface area contributed by atoms with Crippen LogP contribution in [0.1, 0.15) is 52.4 Å². The highest BCUT2D eigenvalue weighted by Gasteiger charge is 2.33. The molecule has 2 N–H and O–H groups in total. The first kappa shape index (κ1) is 19.4. The van der Waals surface area contributed by atoms with Gasteiger partial charge in [0.25, 0.3) is 0 Å². The summed E-state index contributed by atoms with van der Waals surface area (Å²) in [5, 5.41) is 10.2. The number of aromatic amines is 1. The molecule has 2 rings (SSSR count). The lowest BCUT2D eigenvalue weighted by molar-refractivity contribution is -0.139. The molecule has 0 aliphatic carbocycles. The molecule has 25 heavy (non-hydrogen) atoms. The number of hydrogen-bond acceptors (Lipinski definition) is 4. The fourth-order valence-electron chi connectivity index (χ4n) is 3.05. The van der Waals surface area contributed by atoms with E-state index in [1.165, 1.54) is 0 Å². The Balaban J connectivity index is 1.99. The van der Waals surface area contributed by atoms with Gasteiger partial charge >= 0.3 is 0 Å². The Morgan fingerprint density at radius 3 is 2.68 bits per heavy atom. The van der Waals surface area contributed by atoms with Crippen LogP contribution >= 0.6 is 0 Å². The first-order chi connectivity index (χ1) is 11.6. The van der Waals surface area contributed by atoms with Crippen molar-refractivity contribution in [3.63, 3.8) is 0 Å². The van der Waals surface area contributed by atoms with E-state index < -0.39 is 6.04 Å². The van der Waals surface area contributed by atoms with Gasteiger partial charge in [-0.25, -0.2) is 0 Å². The number of aromatic nitrogens is 2. The molecule has 1 aliphatic heterocycles. The van der Waals surface area contributed by atoms with Crippen LogP contribution in [0.25, 0.3) is 0 Å². The summed E-state index contributed by atoms with van der Waals surface area (Å²) < 4.78 is 0. The molecule has 0 bridgehead atoms. The van der Waals surface area contributed by atoms with E-state index in [2.05, 4.69) is 55.0 Å². The minimum atomic E-state index is -0.393. The first-order valence-corrected chi connectivity index (χ1v) is 8.91. The van der Waals surface area contributed by atoms with Crippen molar-refractivity contribution < 1.29 is 9.59 Å². The van der Waals surface area contributed by atoms with Gasteiger partial charge in [0, 0.05) is 31.6 Å². The molecular formula is C18H31N5O2. The number of rotatable bonds is 5. The van der Waals surface area contributed by atoms with Gasteiger partial charge < -0.3 is 10.2 Å². The molecule has 1 saturated heterocycles. The van der Waals surface area contributed by atoms with Crippen molar-refractivity contribution in [2.24, 2.45) is 0 Å². The lowest BCUT2D eigenvalue weighted by Crippen LogP contribution is -2.58. The molecule has 0 saturated carbocycles. The lowest BCUT2D eigenvalue weighted by Gasteiger charge is -2.38. The lowest BCUT2D eigenvalue weighted by atomic mass is 9.92. The van der Waals surface area contributed by atoms with Crippen LogP contribution in [0.3, 0.4) is 0 Å². The number of amides is 2. The Bertz CT molecular complexity index is 617. The second kappa shape index (κ2) is 7.56. The van der Waals surface area contributed by atoms with Crippen LogP contribution in [-0.2, 0) is 21.5 Å². The number of piperazine rings is 1. The summed E-state index contributed by atoms with van der Waals surface area (Å²) in [6.45, 7) is 12.3. The van der Waals surface area contributed by atoms with Crippen molar-refractivity contribution in [1.29, 1.82) is 0 Å². The third-order valence-electron chi connectivity index (χ3n) is 4.64. The van der Waals surface area contributed by atoms with Crippen LogP contribution in [-0.4, -0.2) is 64.0 Å². The van der Waals surface area contributed by atoms with Crippen molar-refractivity contribution in [1.82, 2.24) is 25.3 Å². The predicted octanol–water partition coefficient (Wildman–Crippen LogP) is 1.26. The van der Waals surface area contributed by atoms with Gasteiger partial charge in [-0.3, -0.25) is 19.6 Å². The molecule has 1 aliphatic rings. The van der Waals surface area contributed by atoms with E-state index in [9.17, 15) is 9.59 Å². The number of carbonyl (C=O) groups is 2. The van der Waals surface area contributed by atoms with Gasteiger partial charge in [0.15, 0.2) is 0 Å². The van der Waals surface area contributed by atoms with Crippen LogP contribution in [0.2, 0.25) is 0 Å². The predicted molar refractivity (Wildman–Crippen MR) is 97.0 cm³/mol. The summed E-state index contributed by atoms with van der Waals surface area (Å²) in [5.41, 5.74) is 1.84. The quantitative estimate of drug-likeness (QED) is 0.839. The molecule has 2 amide bonds. The number of nitrogens with one attached hydrogen (secondary N) is 2. The highest BCUT2D eigenvalue weighted by Crippen LogP contribution is 2.21.